The quantitative estimate of drug-likeness (QED) is 0.714. The van der Waals surface area contributed by atoms with Crippen molar-refractivity contribution in [3.63, 3.8) is 0 Å². The molecule has 0 atom stereocenters. The lowest BCUT2D eigenvalue weighted by atomic mass is 10.1. The van der Waals surface area contributed by atoms with E-state index in [0.29, 0.717) is 0 Å². The van der Waals surface area contributed by atoms with Crippen LogP contribution in [-0.2, 0) is 4.74 Å². The van der Waals surface area contributed by atoms with Gasteiger partial charge in [-0.1, -0.05) is 13.8 Å². The van der Waals surface area contributed by atoms with Gasteiger partial charge in [-0.15, -0.1) is 0 Å². The maximum absolute atomic E-state index is 11.7. The Hall–Kier alpha value is -0.770. The predicted octanol–water partition coefficient (Wildman–Crippen LogP) is 2.88. The fraction of sp³-hybridized carbons (Fsp3) is 0.929. The van der Waals surface area contributed by atoms with Crippen LogP contribution in [0.1, 0.15) is 47.5 Å². The van der Waals surface area contributed by atoms with Crippen LogP contribution >= 0.6 is 0 Å². The molecule has 1 amide bonds. The minimum absolute atomic E-state index is 0.246. The lowest BCUT2D eigenvalue weighted by Gasteiger charge is -2.24. The summed E-state index contributed by atoms with van der Waals surface area (Å²) in [5.74, 6) is 0.738. The smallest absolute Gasteiger partial charge is 0.410 e. The Balaban J connectivity index is 3.58. The molecular weight excluding hydrogens is 228 g/mol. The van der Waals surface area contributed by atoms with Crippen LogP contribution < -0.4 is 5.32 Å². The summed E-state index contributed by atoms with van der Waals surface area (Å²) in [6, 6.07) is 0. The zero-order valence-electron chi connectivity index (χ0n) is 12.9. The molecule has 0 fully saturated rings. The van der Waals surface area contributed by atoms with Crippen LogP contribution in [0.5, 0.6) is 0 Å². The molecular formula is C14H30N2O2. The van der Waals surface area contributed by atoms with Gasteiger partial charge in [0.15, 0.2) is 0 Å². The van der Waals surface area contributed by atoms with Crippen molar-refractivity contribution in [3.8, 4) is 0 Å². The monoisotopic (exact) mass is 258 g/mol. The van der Waals surface area contributed by atoms with E-state index >= 15 is 0 Å². The highest BCUT2D eigenvalue weighted by molar-refractivity contribution is 5.67. The molecule has 0 spiro atoms. The van der Waals surface area contributed by atoms with Gasteiger partial charge in [-0.2, -0.15) is 0 Å². The molecule has 18 heavy (non-hydrogen) atoms. The highest BCUT2D eigenvalue weighted by Gasteiger charge is 2.18. The first-order chi connectivity index (χ1) is 8.22. The second-order valence-corrected chi connectivity index (χ2v) is 6.19. The lowest BCUT2D eigenvalue weighted by Crippen LogP contribution is -2.35. The van der Waals surface area contributed by atoms with Gasteiger partial charge in [-0.05, 0) is 52.6 Å². The summed E-state index contributed by atoms with van der Waals surface area (Å²) in [5.41, 5.74) is -0.416. The van der Waals surface area contributed by atoms with Gasteiger partial charge < -0.3 is 15.0 Å². The van der Waals surface area contributed by atoms with Crippen LogP contribution in [0.3, 0.4) is 0 Å². The van der Waals surface area contributed by atoms with Crippen LogP contribution in [0, 0.1) is 5.92 Å². The molecule has 0 aromatic carbocycles. The molecule has 0 unspecified atom stereocenters. The van der Waals surface area contributed by atoms with E-state index in [0.717, 1.165) is 32.0 Å². The van der Waals surface area contributed by atoms with Gasteiger partial charge in [0.25, 0.3) is 0 Å². The first-order valence-electron chi connectivity index (χ1n) is 6.87. The second-order valence-electron chi connectivity index (χ2n) is 6.19. The van der Waals surface area contributed by atoms with Gasteiger partial charge >= 0.3 is 6.09 Å². The first-order valence-corrected chi connectivity index (χ1v) is 6.87. The number of hydrogen-bond donors (Lipinski definition) is 1. The highest BCUT2D eigenvalue weighted by Crippen LogP contribution is 2.09. The van der Waals surface area contributed by atoms with Crippen molar-refractivity contribution in [1.82, 2.24) is 10.2 Å². The van der Waals surface area contributed by atoms with Gasteiger partial charge in [0, 0.05) is 13.6 Å². The minimum Gasteiger partial charge on any atom is -0.444 e. The van der Waals surface area contributed by atoms with Gasteiger partial charge in [0.05, 0.1) is 0 Å². The number of carbonyl (C=O) groups is 1. The number of rotatable bonds is 7. The van der Waals surface area contributed by atoms with Crippen LogP contribution in [-0.4, -0.2) is 43.3 Å². The van der Waals surface area contributed by atoms with Crippen molar-refractivity contribution in [2.24, 2.45) is 5.92 Å². The summed E-state index contributed by atoms with van der Waals surface area (Å²) in [5, 5.41) is 3.38. The third kappa shape index (κ3) is 10.4. The summed E-state index contributed by atoms with van der Waals surface area (Å²) < 4.78 is 5.28. The van der Waals surface area contributed by atoms with Gasteiger partial charge in [0.1, 0.15) is 5.60 Å². The topological polar surface area (TPSA) is 41.6 Å². The Morgan fingerprint density at radius 3 is 2.39 bits per heavy atom. The maximum atomic E-state index is 11.7. The molecule has 0 saturated carbocycles. The molecule has 0 aliphatic carbocycles. The molecule has 0 aromatic heterocycles. The van der Waals surface area contributed by atoms with Crippen LogP contribution in [0.2, 0.25) is 0 Å². The van der Waals surface area contributed by atoms with E-state index in [1.807, 2.05) is 20.8 Å². The first kappa shape index (κ1) is 17.2. The second kappa shape index (κ2) is 8.35. The molecule has 0 aliphatic heterocycles. The Labute approximate surface area is 112 Å². The molecule has 0 aromatic rings. The standard InChI is InChI=1S/C14H30N2O2/c1-12(2)8-10-15-9-7-11-16(6)13(17)18-14(3,4)5/h12,15H,7-11H2,1-6H3. The molecule has 1 N–H and O–H groups in total. The Morgan fingerprint density at radius 1 is 1.28 bits per heavy atom. The van der Waals surface area contributed by atoms with E-state index in [4.69, 9.17) is 4.74 Å². The number of nitrogens with zero attached hydrogens (tertiary/aromatic N) is 1. The molecule has 0 heterocycles. The average Bonchev–Trinajstić information content (AvgIpc) is 2.19. The van der Waals surface area contributed by atoms with E-state index in [1.165, 1.54) is 6.42 Å². The predicted molar refractivity (Wildman–Crippen MR) is 75.8 cm³/mol. The minimum atomic E-state index is -0.416. The van der Waals surface area contributed by atoms with Gasteiger partial charge in [-0.3, -0.25) is 0 Å². The van der Waals surface area contributed by atoms with Crippen molar-refractivity contribution in [1.29, 1.82) is 0 Å². The Bertz CT molecular complexity index is 234. The summed E-state index contributed by atoms with van der Waals surface area (Å²) >= 11 is 0. The normalized spacial score (nSPS) is 11.7. The van der Waals surface area contributed by atoms with Crippen LogP contribution in [0.4, 0.5) is 4.79 Å². The van der Waals surface area contributed by atoms with E-state index in [-0.39, 0.29) is 6.09 Å². The van der Waals surface area contributed by atoms with Gasteiger partial charge in [-0.25, -0.2) is 4.79 Å². The van der Waals surface area contributed by atoms with E-state index in [2.05, 4.69) is 19.2 Å². The highest BCUT2D eigenvalue weighted by atomic mass is 16.6. The fourth-order valence-electron chi connectivity index (χ4n) is 1.39. The molecule has 0 saturated heterocycles. The Morgan fingerprint density at radius 2 is 1.89 bits per heavy atom. The third-order valence-corrected chi connectivity index (χ3v) is 2.45. The van der Waals surface area contributed by atoms with Crippen molar-refractivity contribution in [3.05, 3.63) is 0 Å². The summed E-state index contributed by atoms with van der Waals surface area (Å²) in [6.07, 6.45) is 1.90. The zero-order chi connectivity index (χ0) is 14.2. The van der Waals surface area contributed by atoms with Crippen LogP contribution in [0.15, 0.2) is 0 Å². The van der Waals surface area contributed by atoms with Gasteiger partial charge in [0.2, 0.25) is 0 Å². The van der Waals surface area contributed by atoms with Crippen molar-refractivity contribution in [2.75, 3.05) is 26.7 Å². The summed E-state index contributed by atoms with van der Waals surface area (Å²) in [7, 11) is 1.78. The number of ether oxygens (including phenoxy) is 1. The third-order valence-electron chi connectivity index (χ3n) is 2.45. The summed E-state index contributed by atoms with van der Waals surface area (Å²) in [6.45, 7) is 12.8. The zero-order valence-corrected chi connectivity index (χ0v) is 12.9. The molecule has 4 heteroatoms. The summed E-state index contributed by atoms with van der Waals surface area (Å²) in [4.78, 5) is 13.3. The molecule has 0 rings (SSSR count). The van der Waals surface area contributed by atoms with Crippen molar-refractivity contribution >= 4 is 6.09 Å². The number of nitrogens with one attached hydrogen (secondary N) is 1. The van der Waals surface area contributed by atoms with Crippen LogP contribution in [0.25, 0.3) is 0 Å². The van der Waals surface area contributed by atoms with Crippen molar-refractivity contribution in [2.45, 2.75) is 53.1 Å². The molecule has 0 radical (unpaired) electrons. The number of amides is 1. The molecule has 0 bridgehead atoms. The molecule has 108 valence electrons. The largest absolute Gasteiger partial charge is 0.444 e. The van der Waals surface area contributed by atoms with Crippen molar-refractivity contribution < 1.29 is 9.53 Å². The molecule has 4 nitrogen and oxygen atoms in total. The average molecular weight is 258 g/mol. The Kier molecular flexibility index (Phi) is 8.00. The van der Waals surface area contributed by atoms with E-state index in [9.17, 15) is 4.79 Å². The SMILES string of the molecule is CC(C)CCNCCCN(C)C(=O)OC(C)(C)C. The van der Waals surface area contributed by atoms with E-state index in [1.54, 1.807) is 11.9 Å². The lowest BCUT2D eigenvalue weighted by molar-refractivity contribution is 0.0297. The maximum Gasteiger partial charge on any atom is 0.410 e. The number of carbonyl (C=O) groups excluding carboxylic acids is 1. The molecule has 0 aliphatic rings. The fourth-order valence-corrected chi connectivity index (χ4v) is 1.39. The number of hydrogen-bond acceptors (Lipinski definition) is 3. The van der Waals surface area contributed by atoms with E-state index < -0.39 is 5.60 Å².